The predicted octanol–water partition coefficient (Wildman–Crippen LogP) is 3.91. The summed E-state index contributed by atoms with van der Waals surface area (Å²) in [4.78, 5) is 14.6. The Kier molecular flexibility index (Phi) is 8.76. The van der Waals surface area contributed by atoms with E-state index in [4.69, 9.17) is 25.8 Å². The molecular weight excluding hydrogens is 416 g/mol. The summed E-state index contributed by atoms with van der Waals surface area (Å²) in [7, 11) is 1.56. The minimum absolute atomic E-state index is 0.179. The van der Waals surface area contributed by atoms with Crippen LogP contribution in [0.4, 0.5) is 0 Å². The van der Waals surface area contributed by atoms with Crippen LogP contribution in [0.2, 0.25) is 5.02 Å². The number of hydrogen-bond acceptors (Lipinski definition) is 5. The summed E-state index contributed by atoms with van der Waals surface area (Å²) < 4.78 is 16.2. The lowest BCUT2D eigenvalue weighted by Gasteiger charge is -2.26. The molecule has 1 N–H and O–H groups in total. The first-order valence-electron chi connectivity index (χ1n) is 10.4. The topological polar surface area (TPSA) is 60.0 Å². The van der Waals surface area contributed by atoms with Gasteiger partial charge in [0.1, 0.15) is 0 Å². The molecule has 1 saturated heterocycles. The molecule has 1 aliphatic rings. The van der Waals surface area contributed by atoms with Crippen molar-refractivity contribution in [1.82, 2.24) is 10.2 Å². The van der Waals surface area contributed by atoms with E-state index in [1.54, 1.807) is 25.3 Å². The number of benzene rings is 2. The molecule has 0 bridgehead atoms. The van der Waals surface area contributed by atoms with Gasteiger partial charge in [-0.05, 0) is 41.8 Å². The first-order valence-corrected chi connectivity index (χ1v) is 10.8. The molecule has 0 atom stereocenters. The lowest BCUT2D eigenvalue weighted by molar-refractivity contribution is -0.116. The second kappa shape index (κ2) is 11.7. The lowest BCUT2D eigenvalue weighted by atomic mass is 10.1. The molecule has 0 aromatic heterocycles. The second-order valence-electron chi connectivity index (χ2n) is 7.22. The molecule has 3 rings (SSSR count). The van der Waals surface area contributed by atoms with Crippen molar-refractivity contribution in [3.05, 3.63) is 64.2 Å². The van der Waals surface area contributed by atoms with Crippen LogP contribution in [0, 0.1) is 0 Å². The number of halogens is 1. The molecule has 1 aliphatic heterocycles. The molecule has 31 heavy (non-hydrogen) atoms. The van der Waals surface area contributed by atoms with Gasteiger partial charge in [-0.2, -0.15) is 0 Å². The molecule has 1 amide bonds. The summed E-state index contributed by atoms with van der Waals surface area (Å²) in [6.07, 6.45) is 3.18. The Balaban J connectivity index is 1.51. The first kappa shape index (κ1) is 23.1. The van der Waals surface area contributed by atoms with Crippen LogP contribution in [0.25, 0.3) is 6.08 Å². The lowest BCUT2D eigenvalue weighted by Crippen LogP contribution is -2.35. The van der Waals surface area contributed by atoms with E-state index in [0.717, 1.165) is 44.0 Å². The Morgan fingerprint density at radius 2 is 1.90 bits per heavy atom. The third-order valence-corrected chi connectivity index (χ3v) is 5.25. The molecule has 0 radical (unpaired) electrons. The number of nitrogens with one attached hydrogen (secondary N) is 1. The van der Waals surface area contributed by atoms with Gasteiger partial charge in [0.05, 0.1) is 32.0 Å². The third kappa shape index (κ3) is 6.99. The van der Waals surface area contributed by atoms with Gasteiger partial charge in [-0.1, -0.05) is 35.9 Å². The Morgan fingerprint density at radius 3 is 2.58 bits per heavy atom. The molecule has 0 unspecified atom stereocenters. The summed E-state index contributed by atoms with van der Waals surface area (Å²) in [5.41, 5.74) is 3.07. The summed E-state index contributed by atoms with van der Waals surface area (Å²) in [5, 5.41) is 3.35. The van der Waals surface area contributed by atoms with Gasteiger partial charge in [0.15, 0.2) is 11.5 Å². The summed E-state index contributed by atoms with van der Waals surface area (Å²) >= 11 is 6.27. The SMILES string of the molecule is CCOc1c(Cl)cc(C=CC(=O)NCc2ccc(CN3CCOCC3)cc2)cc1OC. The summed E-state index contributed by atoms with van der Waals surface area (Å²) in [6.45, 7) is 7.29. The minimum atomic E-state index is -0.179. The molecule has 0 spiro atoms. The Bertz CT molecular complexity index is 893. The van der Waals surface area contributed by atoms with Crippen LogP contribution in [0.1, 0.15) is 23.6 Å². The molecular formula is C24H29ClN2O4. The molecule has 1 heterocycles. The number of nitrogens with zero attached hydrogens (tertiary/aromatic N) is 1. The summed E-state index contributed by atoms with van der Waals surface area (Å²) in [6, 6.07) is 11.9. The average Bonchev–Trinajstić information content (AvgIpc) is 2.79. The average molecular weight is 445 g/mol. The number of rotatable bonds is 9. The van der Waals surface area contributed by atoms with E-state index in [9.17, 15) is 4.79 Å². The van der Waals surface area contributed by atoms with Crippen LogP contribution in [0.15, 0.2) is 42.5 Å². The number of morpholine rings is 1. The molecule has 7 heteroatoms. The van der Waals surface area contributed by atoms with Crippen molar-refractivity contribution in [3.63, 3.8) is 0 Å². The van der Waals surface area contributed by atoms with Crippen LogP contribution in [-0.4, -0.2) is 50.8 Å². The van der Waals surface area contributed by atoms with Gasteiger partial charge in [0.25, 0.3) is 0 Å². The zero-order valence-corrected chi connectivity index (χ0v) is 18.8. The highest BCUT2D eigenvalue weighted by atomic mass is 35.5. The van der Waals surface area contributed by atoms with Crippen LogP contribution in [-0.2, 0) is 22.6 Å². The predicted molar refractivity (Wildman–Crippen MR) is 123 cm³/mol. The molecule has 0 saturated carbocycles. The van der Waals surface area contributed by atoms with Gasteiger partial charge in [-0.15, -0.1) is 0 Å². The quantitative estimate of drug-likeness (QED) is 0.594. The number of hydrogen-bond donors (Lipinski definition) is 1. The van der Waals surface area contributed by atoms with Gasteiger partial charge in [0, 0.05) is 32.3 Å². The van der Waals surface area contributed by atoms with Crippen molar-refractivity contribution in [2.75, 3.05) is 40.0 Å². The maximum Gasteiger partial charge on any atom is 0.244 e. The summed E-state index contributed by atoms with van der Waals surface area (Å²) in [5.74, 6) is 0.860. The van der Waals surface area contributed by atoms with Crippen LogP contribution in [0.5, 0.6) is 11.5 Å². The van der Waals surface area contributed by atoms with Crippen LogP contribution >= 0.6 is 11.6 Å². The van der Waals surface area contributed by atoms with Crippen molar-refractivity contribution >= 4 is 23.6 Å². The zero-order valence-electron chi connectivity index (χ0n) is 18.0. The normalized spacial score (nSPS) is 14.5. The van der Waals surface area contributed by atoms with Crippen molar-refractivity contribution < 1.29 is 19.0 Å². The molecule has 166 valence electrons. The highest BCUT2D eigenvalue weighted by molar-refractivity contribution is 6.32. The fourth-order valence-corrected chi connectivity index (χ4v) is 3.59. The number of amides is 1. The fraction of sp³-hybridized carbons (Fsp3) is 0.375. The van der Waals surface area contributed by atoms with Crippen molar-refractivity contribution in [2.45, 2.75) is 20.0 Å². The van der Waals surface area contributed by atoms with E-state index in [1.807, 2.05) is 6.92 Å². The standard InChI is InChI=1S/C24H29ClN2O4/c1-3-31-24-21(25)14-20(15-22(24)29-2)8-9-23(28)26-16-18-4-6-19(7-5-18)17-27-10-12-30-13-11-27/h4-9,14-15H,3,10-13,16-17H2,1-2H3,(H,26,28). The van der Waals surface area contributed by atoms with E-state index in [-0.39, 0.29) is 5.91 Å². The monoisotopic (exact) mass is 444 g/mol. The van der Waals surface area contributed by atoms with Crippen LogP contribution in [0.3, 0.4) is 0 Å². The minimum Gasteiger partial charge on any atom is -0.493 e. The van der Waals surface area contributed by atoms with E-state index in [0.29, 0.717) is 29.7 Å². The van der Waals surface area contributed by atoms with E-state index in [1.165, 1.54) is 11.6 Å². The van der Waals surface area contributed by atoms with E-state index >= 15 is 0 Å². The van der Waals surface area contributed by atoms with Gasteiger partial charge >= 0.3 is 0 Å². The molecule has 0 aliphatic carbocycles. The van der Waals surface area contributed by atoms with Gasteiger partial charge in [0.2, 0.25) is 5.91 Å². The third-order valence-electron chi connectivity index (χ3n) is 4.97. The van der Waals surface area contributed by atoms with Crippen LogP contribution < -0.4 is 14.8 Å². The molecule has 2 aromatic carbocycles. The fourth-order valence-electron chi connectivity index (χ4n) is 3.32. The maximum atomic E-state index is 12.2. The van der Waals surface area contributed by atoms with E-state index in [2.05, 4.69) is 34.5 Å². The number of ether oxygens (including phenoxy) is 3. The maximum absolute atomic E-state index is 12.2. The number of carbonyl (C=O) groups is 1. The zero-order chi connectivity index (χ0) is 22.1. The Hall–Kier alpha value is -2.54. The van der Waals surface area contributed by atoms with Gasteiger partial charge in [-0.25, -0.2) is 0 Å². The Morgan fingerprint density at radius 1 is 1.19 bits per heavy atom. The smallest absolute Gasteiger partial charge is 0.244 e. The molecule has 1 fully saturated rings. The largest absolute Gasteiger partial charge is 0.493 e. The molecule has 6 nitrogen and oxygen atoms in total. The highest BCUT2D eigenvalue weighted by Gasteiger charge is 2.11. The Labute approximate surface area is 188 Å². The van der Waals surface area contributed by atoms with E-state index < -0.39 is 0 Å². The number of methoxy groups -OCH3 is 1. The van der Waals surface area contributed by atoms with Crippen molar-refractivity contribution in [3.8, 4) is 11.5 Å². The van der Waals surface area contributed by atoms with Crippen molar-refractivity contribution in [2.24, 2.45) is 0 Å². The van der Waals surface area contributed by atoms with Crippen molar-refractivity contribution in [1.29, 1.82) is 0 Å². The van der Waals surface area contributed by atoms with Gasteiger partial charge < -0.3 is 19.5 Å². The second-order valence-corrected chi connectivity index (χ2v) is 7.63. The number of carbonyl (C=O) groups excluding carboxylic acids is 1. The highest BCUT2D eigenvalue weighted by Crippen LogP contribution is 2.36. The first-order chi connectivity index (χ1) is 15.1. The van der Waals surface area contributed by atoms with Gasteiger partial charge in [-0.3, -0.25) is 9.69 Å². The molecule has 2 aromatic rings.